The highest BCUT2D eigenvalue weighted by atomic mass is 16.5. The summed E-state index contributed by atoms with van der Waals surface area (Å²) < 4.78 is 10.1. The first kappa shape index (κ1) is 12.5. The van der Waals surface area contributed by atoms with Gasteiger partial charge in [0.25, 0.3) is 0 Å². The van der Waals surface area contributed by atoms with Crippen LogP contribution in [-0.2, 0) is 14.3 Å². The van der Waals surface area contributed by atoms with Gasteiger partial charge in [0.05, 0.1) is 20.1 Å². The van der Waals surface area contributed by atoms with Crippen LogP contribution >= 0.6 is 0 Å². The second-order valence-corrected chi connectivity index (χ2v) is 4.54. The molecule has 1 N–H and O–H groups in total. The van der Waals surface area contributed by atoms with Gasteiger partial charge in [-0.25, -0.2) is 0 Å². The Morgan fingerprint density at radius 2 is 2.40 bits per heavy atom. The van der Waals surface area contributed by atoms with Crippen molar-refractivity contribution in [3.8, 4) is 0 Å². The first-order valence-corrected chi connectivity index (χ1v) is 5.48. The zero-order chi connectivity index (χ0) is 11.3. The standard InChI is InChI=1S/C11H21NO3/c1-9(7-10(13)14-3)12-11(2)5-4-6-15-8-11/h9,12H,4-8H2,1-3H3. The fourth-order valence-corrected chi connectivity index (χ4v) is 2.03. The molecule has 2 atom stereocenters. The van der Waals surface area contributed by atoms with Crippen molar-refractivity contribution in [2.75, 3.05) is 20.3 Å². The summed E-state index contributed by atoms with van der Waals surface area (Å²) >= 11 is 0. The van der Waals surface area contributed by atoms with Crippen molar-refractivity contribution in [1.82, 2.24) is 5.32 Å². The fraction of sp³-hybridized carbons (Fsp3) is 0.909. The Morgan fingerprint density at radius 1 is 1.67 bits per heavy atom. The molecule has 1 rings (SSSR count). The van der Waals surface area contributed by atoms with Gasteiger partial charge in [0.2, 0.25) is 0 Å². The molecule has 0 saturated carbocycles. The topological polar surface area (TPSA) is 47.6 Å². The Hall–Kier alpha value is -0.610. The van der Waals surface area contributed by atoms with Gasteiger partial charge in [0.15, 0.2) is 0 Å². The zero-order valence-electron chi connectivity index (χ0n) is 9.84. The van der Waals surface area contributed by atoms with E-state index in [2.05, 4.69) is 17.0 Å². The normalized spacial score (nSPS) is 28.5. The molecular formula is C11H21NO3. The third-order valence-electron chi connectivity index (χ3n) is 2.73. The lowest BCUT2D eigenvalue weighted by Crippen LogP contribution is -2.52. The Morgan fingerprint density at radius 3 is 2.93 bits per heavy atom. The molecule has 4 nitrogen and oxygen atoms in total. The van der Waals surface area contributed by atoms with E-state index in [0.29, 0.717) is 6.42 Å². The predicted octanol–water partition coefficient (Wildman–Crippen LogP) is 1.10. The number of esters is 1. The molecule has 1 heterocycles. The van der Waals surface area contributed by atoms with E-state index in [1.54, 1.807) is 0 Å². The predicted molar refractivity (Wildman–Crippen MR) is 57.7 cm³/mol. The van der Waals surface area contributed by atoms with E-state index in [9.17, 15) is 4.79 Å². The van der Waals surface area contributed by atoms with Gasteiger partial charge in [0.1, 0.15) is 0 Å². The number of nitrogens with one attached hydrogen (secondary N) is 1. The van der Waals surface area contributed by atoms with Gasteiger partial charge in [-0.05, 0) is 26.7 Å². The van der Waals surface area contributed by atoms with Crippen molar-refractivity contribution in [2.45, 2.75) is 44.7 Å². The second kappa shape index (κ2) is 5.47. The molecule has 0 aliphatic carbocycles. The van der Waals surface area contributed by atoms with Crippen LogP contribution in [0.1, 0.15) is 33.1 Å². The van der Waals surface area contributed by atoms with Gasteiger partial charge >= 0.3 is 5.97 Å². The molecule has 88 valence electrons. The first-order chi connectivity index (χ1) is 7.06. The molecule has 1 aliphatic heterocycles. The van der Waals surface area contributed by atoms with Crippen molar-refractivity contribution in [1.29, 1.82) is 0 Å². The SMILES string of the molecule is COC(=O)CC(C)NC1(C)CCCOC1. The largest absolute Gasteiger partial charge is 0.469 e. The second-order valence-electron chi connectivity index (χ2n) is 4.54. The minimum absolute atomic E-state index is 0.00564. The summed E-state index contributed by atoms with van der Waals surface area (Å²) in [6, 6.07) is 0.129. The summed E-state index contributed by atoms with van der Waals surface area (Å²) in [7, 11) is 1.42. The molecule has 0 bridgehead atoms. The monoisotopic (exact) mass is 215 g/mol. The average Bonchev–Trinajstić information content (AvgIpc) is 2.17. The minimum atomic E-state index is -0.171. The summed E-state index contributed by atoms with van der Waals surface area (Å²) in [5, 5.41) is 3.43. The molecule has 2 unspecified atom stereocenters. The van der Waals surface area contributed by atoms with E-state index in [1.807, 2.05) is 6.92 Å². The molecule has 0 radical (unpaired) electrons. The Balaban J connectivity index is 2.35. The van der Waals surface area contributed by atoms with Crippen LogP contribution in [0.4, 0.5) is 0 Å². The average molecular weight is 215 g/mol. The molecule has 0 aromatic heterocycles. The molecule has 1 aliphatic rings. The van der Waals surface area contributed by atoms with Crippen molar-refractivity contribution < 1.29 is 14.3 Å². The maximum Gasteiger partial charge on any atom is 0.307 e. The third-order valence-corrected chi connectivity index (χ3v) is 2.73. The van der Waals surface area contributed by atoms with Crippen LogP contribution in [0, 0.1) is 0 Å². The molecule has 0 spiro atoms. The third kappa shape index (κ3) is 4.18. The van der Waals surface area contributed by atoms with E-state index in [-0.39, 0.29) is 17.6 Å². The maximum atomic E-state index is 11.1. The Kier molecular flexibility index (Phi) is 4.54. The van der Waals surface area contributed by atoms with Crippen molar-refractivity contribution in [2.24, 2.45) is 0 Å². The molecule has 4 heteroatoms. The number of hydrogen-bond acceptors (Lipinski definition) is 4. The fourth-order valence-electron chi connectivity index (χ4n) is 2.03. The van der Waals surface area contributed by atoms with Crippen molar-refractivity contribution in [3.05, 3.63) is 0 Å². The highest BCUT2D eigenvalue weighted by Gasteiger charge is 2.29. The molecule has 15 heavy (non-hydrogen) atoms. The molecule has 1 saturated heterocycles. The number of rotatable bonds is 4. The lowest BCUT2D eigenvalue weighted by atomic mass is 9.93. The summed E-state index contributed by atoms with van der Waals surface area (Å²) in [6.07, 6.45) is 2.58. The molecule has 0 amide bonds. The van der Waals surface area contributed by atoms with Crippen LogP contribution in [-0.4, -0.2) is 37.9 Å². The van der Waals surface area contributed by atoms with Gasteiger partial charge in [-0.1, -0.05) is 0 Å². The van der Waals surface area contributed by atoms with E-state index in [0.717, 1.165) is 26.1 Å². The summed E-state index contributed by atoms with van der Waals surface area (Å²) in [5.74, 6) is -0.171. The highest BCUT2D eigenvalue weighted by Crippen LogP contribution is 2.19. The van der Waals surface area contributed by atoms with Gasteiger partial charge in [-0.2, -0.15) is 0 Å². The molecule has 0 aromatic carbocycles. The van der Waals surface area contributed by atoms with E-state index in [1.165, 1.54) is 7.11 Å². The molecule has 1 fully saturated rings. The summed E-state index contributed by atoms with van der Waals surface area (Å²) in [6.45, 7) is 5.71. The lowest BCUT2D eigenvalue weighted by molar-refractivity contribution is -0.141. The van der Waals surface area contributed by atoms with Crippen LogP contribution in [0.3, 0.4) is 0 Å². The molecular weight excluding hydrogens is 194 g/mol. The highest BCUT2D eigenvalue weighted by molar-refractivity contribution is 5.69. The van der Waals surface area contributed by atoms with Crippen LogP contribution in [0.2, 0.25) is 0 Å². The maximum absolute atomic E-state index is 11.1. The quantitative estimate of drug-likeness (QED) is 0.713. The van der Waals surface area contributed by atoms with E-state index >= 15 is 0 Å². The van der Waals surface area contributed by atoms with E-state index < -0.39 is 0 Å². The van der Waals surface area contributed by atoms with Gasteiger partial charge in [0, 0.05) is 18.2 Å². The summed E-state index contributed by atoms with van der Waals surface area (Å²) in [5.41, 5.74) is 0.00564. The number of ether oxygens (including phenoxy) is 2. The summed E-state index contributed by atoms with van der Waals surface area (Å²) in [4.78, 5) is 11.1. The minimum Gasteiger partial charge on any atom is -0.469 e. The Labute approximate surface area is 91.3 Å². The van der Waals surface area contributed by atoms with Crippen LogP contribution < -0.4 is 5.32 Å². The van der Waals surface area contributed by atoms with Crippen LogP contribution in [0.5, 0.6) is 0 Å². The van der Waals surface area contributed by atoms with E-state index in [4.69, 9.17) is 4.74 Å². The zero-order valence-corrected chi connectivity index (χ0v) is 9.84. The van der Waals surface area contributed by atoms with Gasteiger partial charge in [-0.15, -0.1) is 0 Å². The number of methoxy groups -OCH3 is 1. The van der Waals surface area contributed by atoms with Crippen molar-refractivity contribution >= 4 is 5.97 Å². The smallest absolute Gasteiger partial charge is 0.307 e. The number of carbonyl (C=O) groups excluding carboxylic acids is 1. The van der Waals surface area contributed by atoms with Gasteiger partial charge in [-0.3, -0.25) is 4.79 Å². The Bertz CT molecular complexity index is 212. The van der Waals surface area contributed by atoms with Crippen LogP contribution in [0.15, 0.2) is 0 Å². The number of carbonyl (C=O) groups is 1. The number of hydrogen-bond donors (Lipinski definition) is 1. The lowest BCUT2D eigenvalue weighted by Gasteiger charge is -2.36. The van der Waals surface area contributed by atoms with Crippen LogP contribution in [0.25, 0.3) is 0 Å². The molecule has 0 aromatic rings. The van der Waals surface area contributed by atoms with Crippen molar-refractivity contribution in [3.63, 3.8) is 0 Å². The van der Waals surface area contributed by atoms with Gasteiger partial charge < -0.3 is 14.8 Å². The first-order valence-electron chi connectivity index (χ1n) is 5.48.